The van der Waals surface area contributed by atoms with Gasteiger partial charge in [0.25, 0.3) is 0 Å². The van der Waals surface area contributed by atoms with Gasteiger partial charge in [0.15, 0.2) is 0 Å². The highest BCUT2D eigenvalue weighted by molar-refractivity contribution is 9.10. The molecule has 15 heavy (non-hydrogen) atoms. The third-order valence-electron chi connectivity index (χ3n) is 2.52. The molecule has 0 bridgehead atoms. The first-order valence-electron chi connectivity index (χ1n) is 5.01. The van der Waals surface area contributed by atoms with E-state index in [0.29, 0.717) is 6.04 Å². The summed E-state index contributed by atoms with van der Waals surface area (Å²) in [6.45, 7) is 0.895. The molecule has 82 valence electrons. The molecule has 1 fully saturated rings. The summed E-state index contributed by atoms with van der Waals surface area (Å²) in [5.74, 6) is 2.52. The van der Waals surface area contributed by atoms with Gasteiger partial charge >= 0.3 is 0 Å². The highest BCUT2D eigenvalue weighted by atomic mass is 79.9. The van der Waals surface area contributed by atoms with Crippen molar-refractivity contribution in [2.45, 2.75) is 19.0 Å². The summed E-state index contributed by atoms with van der Waals surface area (Å²) >= 11 is 11.5. The number of hydrogen-bond donors (Lipinski definition) is 1. The van der Waals surface area contributed by atoms with E-state index in [-0.39, 0.29) is 0 Å². The molecule has 0 aliphatic carbocycles. The average molecular weight is 307 g/mol. The zero-order valence-corrected chi connectivity index (χ0v) is 11.5. The summed E-state index contributed by atoms with van der Waals surface area (Å²) in [4.78, 5) is 0. The van der Waals surface area contributed by atoms with E-state index in [1.807, 2.05) is 30.0 Å². The molecular weight excluding hydrogens is 294 g/mol. The first-order chi connectivity index (χ1) is 7.25. The predicted molar refractivity (Wildman–Crippen MR) is 71.7 cm³/mol. The van der Waals surface area contributed by atoms with Gasteiger partial charge in [-0.05, 0) is 35.9 Å². The fourth-order valence-corrected chi connectivity index (χ4v) is 3.40. The van der Waals surface area contributed by atoms with Gasteiger partial charge in [-0.25, -0.2) is 0 Å². The maximum Gasteiger partial charge on any atom is 0.0410 e. The van der Waals surface area contributed by atoms with E-state index in [4.69, 9.17) is 11.6 Å². The average Bonchev–Trinajstić information content (AvgIpc) is 2.72. The van der Waals surface area contributed by atoms with E-state index < -0.39 is 0 Å². The van der Waals surface area contributed by atoms with Gasteiger partial charge in [-0.1, -0.05) is 27.5 Å². The largest absolute Gasteiger partial charge is 0.309 e. The molecule has 1 aromatic rings. The van der Waals surface area contributed by atoms with E-state index in [9.17, 15) is 0 Å². The zero-order chi connectivity index (χ0) is 10.7. The Hall–Kier alpha value is 0.300. The van der Waals surface area contributed by atoms with Crippen molar-refractivity contribution >= 4 is 39.3 Å². The van der Waals surface area contributed by atoms with Crippen molar-refractivity contribution in [3.05, 3.63) is 33.3 Å². The zero-order valence-electron chi connectivity index (χ0n) is 8.30. The van der Waals surface area contributed by atoms with E-state index in [2.05, 4.69) is 21.2 Å². The molecule has 0 saturated carbocycles. The van der Waals surface area contributed by atoms with Crippen LogP contribution in [0.1, 0.15) is 12.0 Å². The minimum Gasteiger partial charge on any atom is -0.309 e. The molecule has 1 heterocycles. The van der Waals surface area contributed by atoms with Crippen LogP contribution >= 0.6 is 39.3 Å². The van der Waals surface area contributed by atoms with Crippen LogP contribution in [0.3, 0.4) is 0 Å². The van der Waals surface area contributed by atoms with Crippen molar-refractivity contribution in [2.75, 3.05) is 11.5 Å². The molecule has 1 N–H and O–H groups in total. The van der Waals surface area contributed by atoms with E-state index >= 15 is 0 Å². The van der Waals surface area contributed by atoms with Crippen LogP contribution in [-0.4, -0.2) is 17.5 Å². The maximum absolute atomic E-state index is 5.96. The molecule has 1 saturated heterocycles. The number of nitrogens with one attached hydrogen (secondary N) is 1. The fourth-order valence-electron chi connectivity index (χ4n) is 1.63. The summed E-state index contributed by atoms with van der Waals surface area (Å²) in [6.07, 6.45) is 1.28. The Labute approximate surface area is 108 Å². The third kappa shape index (κ3) is 3.38. The molecule has 0 radical (unpaired) electrons. The van der Waals surface area contributed by atoms with Crippen LogP contribution in [0.2, 0.25) is 5.02 Å². The van der Waals surface area contributed by atoms with E-state index in [0.717, 1.165) is 16.0 Å². The fraction of sp³-hybridized carbons (Fsp3) is 0.455. The number of benzene rings is 1. The standard InChI is InChI=1S/C11H13BrClNS/c12-11-2-1-9(13)5-8(11)6-14-10-3-4-15-7-10/h1-2,5,10,14H,3-4,6-7H2. The lowest BCUT2D eigenvalue weighted by Crippen LogP contribution is -2.28. The van der Waals surface area contributed by atoms with Gasteiger partial charge in [-0.3, -0.25) is 0 Å². The van der Waals surface area contributed by atoms with Gasteiger partial charge in [0.1, 0.15) is 0 Å². The van der Waals surface area contributed by atoms with Crippen LogP contribution < -0.4 is 5.32 Å². The van der Waals surface area contributed by atoms with Crippen LogP contribution in [0.15, 0.2) is 22.7 Å². The lowest BCUT2D eigenvalue weighted by molar-refractivity contribution is 0.557. The highest BCUT2D eigenvalue weighted by Crippen LogP contribution is 2.22. The minimum absolute atomic E-state index is 0.667. The Morgan fingerprint density at radius 2 is 2.40 bits per heavy atom. The first kappa shape index (κ1) is 11.8. The second-order valence-electron chi connectivity index (χ2n) is 3.68. The van der Waals surface area contributed by atoms with Crippen LogP contribution in [-0.2, 0) is 6.54 Å². The van der Waals surface area contributed by atoms with Crippen LogP contribution in [0.25, 0.3) is 0 Å². The normalized spacial score (nSPS) is 20.8. The summed E-state index contributed by atoms with van der Waals surface area (Å²) < 4.78 is 1.13. The van der Waals surface area contributed by atoms with Gasteiger partial charge in [0.05, 0.1) is 0 Å². The molecule has 1 aliphatic heterocycles. The van der Waals surface area contributed by atoms with Gasteiger partial charge in [0.2, 0.25) is 0 Å². The number of rotatable bonds is 3. The summed E-state index contributed by atoms with van der Waals surface area (Å²) in [5.41, 5.74) is 1.24. The second-order valence-corrected chi connectivity index (χ2v) is 6.12. The van der Waals surface area contributed by atoms with Crippen LogP contribution in [0, 0.1) is 0 Å². The van der Waals surface area contributed by atoms with Gasteiger partial charge in [-0.2, -0.15) is 11.8 Å². The van der Waals surface area contributed by atoms with Crippen molar-refractivity contribution in [2.24, 2.45) is 0 Å². The number of hydrogen-bond acceptors (Lipinski definition) is 2. The summed E-state index contributed by atoms with van der Waals surface area (Å²) in [5, 5.41) is 4.36. The molecule has 2 rings (SSSR count). The van der Waals surface area contributed by atoms with Crippen molar-refractivity contribution in [1.82, 2.24) is 5.32 Å². The molecule has 1 aliphatic rings. The molecular formula is C11H13BrClNS. The van der Waals surface area contributed by atoms with Crippen molar-refractivity contribution in [3.63, 3.8) is 0 Å². The number of thioether (sulfide) groups is 1. The Balaban J connectivity index is 1.94. The van der Waals surface area contributed by atoms with E-state index in [1.165, 1.54) is 23.5 Å². The molecule has 1 unspecified atom stereocenters. The molecule has 1 aromatic carbocycles. The van der Waals surface area contributed by atoms with Crippen LogP contribution in [0.4, 0.5) is 0 Å². The SMILES string of the molecule is Clc1ccc(Br)c(CNC2CCSC2)c1. The second kappa shape index (κ2) is 5.58. The summed E-state index contributed by atoms with van der Waals surface area (Å²) in [7, 11) is 0. The Morgan fingerprint density at radius 1 is 1.53 bits per heavy atom. The number of halogens is 2. The third-order valence-corrected chi connectivity index (χ3v) is 4.69. The van der Waals surface area contributed by atoms with E-state index in [1.54, 1.807) is 0 Å². The lowest BCUT2D eigenvalue weighted by Gasteiger charge is -2.12. The molecule has 0 amide bonds. The van der Waals surface area contributed by atoms with Gasteiger partial charge < -0.3 is 5.32 Å². The Morgan fingerprint density at radius 3 is 3.13 bits per heavy atom. The van der Waals surface area contributed by atoms with Gasteiger partial charge in [0, 0.05) is 27.8 Å². The van der Waals surface area contributed by atoms with Gasteiger partial charge in [-0.15, -0.1) is 0 Å². The predicted octanol–water partition coefficient (Wildman–Crippen LogP) is 3.70. The van der Waals surface area contributed by atoms with Crippen molar-refractivity contribution in [1.29, 1.82) is 0 Å². The Bertz CT molecular complexity index is 339. The topological polar surface area (TPSA) is 12.0 Å². The molecule has 0 spiro atoms. The maximum atomic E-state index is 5.96. The highest BCUT2D eigenvalue weighted by Gasteiger charge is 2.14. The molecule has 1 atom stereocenters. The Kier molecular flexibility index (Phi) is 4.38. The smallest absolute Gasteiger partial charge is 0.0410 e. The van der Waals surface area contributed by atoms with Crippen molar-refractivity contribution < 1.29 is 0 Å². The first-order valence-corrected chi connectivity index (χ1v) is 7.33. The lowest BCUT2D eigenvalue weighted by atomic mass is 10.2. The summed E-state index contributed by atoms with van der Waals surface area (Å²) in [6, 6.07) is 6.59. The monoisotopic (exact) mass is 305 g/mol. The van der Waals surface area contributed by atoms with Crippen molar-refractivity contribution in [3.8, 4) is 0 Å². The quantitative estimate of drug-likeness (QED) is 0.914. The van der Waals surface area contributed by atoms with Crippen LogP contribution in [0.5, 0.6) is 0 Å². The molecule has 0 aromatic heterocycles. The minimum atomic E-state index is 0.667. The molecule has 4 heteroatoms. The molecule has 1 nitrogen and oxygen atoms in total.